The monoisotopic (exact) mass is 346 g/mol. The first-order valence-corrected chi connectivity index (χ1v) is 10.1. The summed E-state index contributed by atoms with van der Waals surface area (Å²) in [6.45, 7) is 11.9. The Morgan fingerprint density at radius 2 is 1.08 bits per heavy atom. The molecule has 0 N–H and O–H groups in total. The van der Waals surface area contributed by atoms with E-state index in [9.17, 15) is 0 Å². The molecule has 0 spiro atoms. The van der Waals surface area contributed by atoms with Crippen LogP contribution in [0.25, 0.3) is 0 Å². The van der Waals surface area contributed by atoms with Crippen molar-refractivity contribution in [3.8, 4) is 0 Å². The van der Waals surface area contributed by atoms with Crippen LogP contribution in [-0.4, -0.2) is 38.5 Å². The van der Waals surface area contributed by atoms with Crippen LogP contribution in [0.2, 0.25) is 0 Å². The zero-order chi connectivity index (χ0) is 18.3. The molecule has 0 saturated heterocycles. The lowest BCUT2D eigenvalue weighted by molar-refractivity contribution is -0.444. The molecule has 24 heavy (non-hydrogen) atoms. The van der Waals surface area contributed by atoms with Crippen molar-refractivity contribution in [1.82, 2.24) is 0 Å². The second-order valence-electron chi connectivity index (χ2n) is 6.32. The first-order chi connectivity index (χ1) is 11.6. The molecular formula is C20H42O4. The van der Waals surface area contributed by atoms with E-state index in [0.717, 1.165) is 25.7 Å². The highest BCUT2D eigenvalue weighted by atomic mass is 16.9. The number of unbranched alkanes of at least 4 members (excludes halogenated alkanes) is 5. The number of ether oxygens (including phenoxy) is 4. The third kappa shape index (κ3) is 6.99. The summed E-state index contributed by atoms with van der Waals surface area (Å²) in [7, 11) is 1.76. The summed E-state index contributed by atoms with van der Waals surface area (Å²) in [5, 5.41) is 0. The minimum absolute atomic E-state index is 0.533. The molecule has 146 valence electrons. The van der Waals surface area contributed by atoms with Gasteiger partial charge in [-0.15, -0.1) is 0 Å². The average molecular weight is 347 g/mol. The quantitative estimate of drug-likeness (QED) is 0.250. The summed E-state index contributed by atoms with van der Waals surface area (Å²) in [6.07, 6.45) is 10.3. The fourth-order valence-corrected chi connectivity index (χ4v) is 3.44. The lowest BCUT2D eigenvalue weighted by Crippen LogP contribution is -2.60. The molecule has 1 atom stereocenters. The predicted octanol–water partition coefficient (Wildman–Crippen LogP) is 5.69. The summed E-state index contributed by atoms with van der Waals surface area (Å²) in [6, 6.07) is 0. The molecule has 0 saturated carbocycles. The van der Waals surface area contributed by atoms with E-state index in [1.165, 1.54) is 32.1 Å². The predicted molar refractivity (Wildman–Crippen MR) is 100 cm³/mol. The SMILES string of the molecule is CCCCCCCCC(CCC)(OC)C(OCC)(OCC)OCC. The van der Waals surface area contributed by atoms with Crippen LogP contribution >= 0.6 is 0 Å². The molecule has 0 aromatic heterocycles. The molecule has 1 unspecified atom stereocenters. The van der Waals surface area contributed by atoms with Gasteiger partial charge in [0, 0.05) is 26.9 Å². The number of hydrogen-bond acceptors (Lipinski definition) is 4. The smallest absolute Gasteiger partial charge is 0.313 e. The van der Waals surface area contributed by atoms with Gasteiger partial charge in [-0.1, -0.05) is 58.8 Å². The molecular weight excluding hydrogens is 304 g/mol. The normalized spacial score (nSPS) is 14.8. The molecule has 0 fully saturated rings. The highest BCUT2D eigenvalue weighted by Crippen LogP contribution is 2.40. The van der Waals surface area contributed by atoms with Crippen LogP contribution in [0.5, 0.6) is 0 Å². The molecule has 0 bridgehead atoms. The van der Waals surface area contributed by atoms with Gasteiger partial charge in [0.05, 0.1) is 0 Å². The molecule has 0 amide bonds. The number of rotatable bonds is 17. The molecule has 0 aromatic rings. The molecule has 0 aliphatic carbocycles. The van der Waals surface area contributed by atoms with E-state index >= 15 is 0 Å². The standard InChI is InChI=1S/C20H42O4/c1-7-12-13-14-15-16-18-19(21-6,17-8-2)20(22-9-3,23-10-4)24-11-5/h7-18H2,1-6H3. The van der Waals surface area contributed by atoms with Crippen molar-refractivity contribution in [2.24, 2.45) is 0 Å². The first-order valence-electron chi connectivity index (χ1n) is 10.1. The molecule has 4 heteroatoms. The van der Waals surface area contributed by atoms with Gasteiger partial charge in [0.2, 0.25) is 0 Å². The minimum atomic E-state index is -1.11. The topological polar surface area (TPSA) is 36.9 Å². The van der Waals surface area contributed by atoms with Gasteiger partial charge >= 0.3 is 5.97 Å². The van der Waals surface area contributed by atoms with Crippen molar-refractivity contribution in [3.63, 3.8) is 0 Å². The molecule has 0 radical (unpaired) electrons. The Bertz CT molecular complexity index is 266. The van der Waals surface area contributed by atoms with Crippen LogP contribution in [0.3, 0.4) is 0 Å². The van der Waals surface area contributed by atoms with Gasteiger partial charge in [0.25, 0.3) is 0 Å². The van der Waals surface area contributed by atoms with Gasteiger partial charge in [-0.25, -0.2) is 0 Å². The summed E-state index contributed by atoms with van der Waals surface area (Å²) < 4.78 is 24.2. The van der Waals surface area contributed by atoms with Crippen LogP contribution in [0.15, 0.2) is 0 Å². The van der Waals surface area contributed by atoms with Gasteiger partial charge in [0.1, 0.15) is 5.60 Å². The number of methoxy groups -OCH3 is 1. The van der Waals surface area contributed by atoms with Crippen molar-refractivity contribution in [2.45, 2.75) is 104 Å². The van der Waals surface area contributed by atoms with Gasteiger partial charge < -0.3 is 18.9 Å². The zero-order valence-corrected chi connectivity index (χ0v) is 17.1. The molecule has 0 heterocycles. The van der Waals surface area contributed by atoms with E-state index in [0.29, 0.717) is 19.8 Å². The third-order valence-electron chi connectivity index (χ3n) is 4.54. The molecule has 0 rings (SSSR count). The van der Waals surface area contributed by atoms with E-state index in [4.69, 9.17) is 18.9 Å². The molecule has 4 nitrogen and oxygen atoms in total. The Morgan fingerprint density at radius 3 is 1.50 bits per heavy atom. The summed E-state index contributed by atoms with van der Waals surface area (Å²) in [4.78, 5) is 0. The third-order valence-corrected chi connectivity index (χ3v) is 4.54. The van der Waals surface area contributed by atoms with Crippen LogP contribution in [0.4, 0.5) is 0 Å². The van der Waals surface area contributed by atoms with Crippen LogP contribution < -0.4 is 0 Å². The Hall–Kier alpha value is -0.160. The van der Waals surface area contributed by atoms with Crippen molar-refractivity contribution in [2.75, 3.05) is 26.9 Å². The van der Waals surface area contributed by atoms with Gasteiger partial charge in [0.15, 0.2) is 0 Å². The lowest BCUT2D eigenvalue weighted by atomic mass is 9.87. The van der Waals surface area contributed by atoms with Crippen LogP contribution in [0.1, 0.15) is 92.4 Å². The van der Waals surface area contributed by atoms with Gasteiger partial charge in [-0.05, 0) is 33.6 Å². The van der Waals surface area contributed by atoms with Crippen molar-refractivity contribution >= 4 is 0 Å². The van der Waals surface area contributed by atoms with E-state index in [2.05, 4.69) is 13.8 Å². The summed E-state index contributed by atoms with van der Waals surface area (Å²) in [5.74, 6) is -1.11. The molecule has 0 aliphatic heterocycles. The zero-order valence-electron chi connectivity index (χ0n) is 17.1. The lowest BCUT2D eigenvalue weighted by Gasteiger charge is -2.47. The fraction of sp³-hybridized carbons (Fsp3) is 1.00. The van der Waals surface area contributed by atoms with Crippen molar-refractivity contribution in [3.05, 3.63) is 0 Å². The Kier molecular flexibility index (Phi) is 14.0. The first kappa shape index (κ1) is 23.8. The minimum Gasteiger partial charge on any atom is -0.370 e. The fourth-order valence-electron chi connectivity index (χ4n) is 3.44. The highest BCUT2D eigenvalue weighted by Gasteiger charge is 2.55. The molecule has 0 aromatic carbocycles. The van der Waals surface area contributed by atoms with E-state index in [1.54, 1.807) is 7.11 Å². The van der Waals surface area contributed by atoms with E-state index in [1.807, 2.05) is 20.8 Å². The Balaban J connectivity index is 5.16. The van der Waals surface area contributed by atoms with E-state index in [-0.39, 0.29) is 0 Å². The maximum atomic E-state index is 6.05. The maximum absolute atomic E-state index is 6.05. The van der Waals surface area contributed by atoms with Crippen LogP contribution in [0, 0.1) is 0 Å². The summed E-state index contributed by atoms with van der Waals surface area (Å²) in [5.41, 5.74) is -0.561. The largest absolute Gasteiger partial charge is 0.370 e. The average Bonchev–Trinajstić information content (AvgIpc) is 2.57. The maximum Gasteiger partial charge on any atom is 0.313 e. The summed E-state index contributed by atoms with van der Waals surface area (Å²) >= 11 is 0. The van der Waals surface area contributed by atoms with Crippen molar-refractivity contribution in [1.29, 1.82) is 0 Å². The van der Waals surface area contributed by atoms with Crippen molar-refractivity contribution < 1.29 is 18.9 Å². The highest BCUT2D eigenvalue weighted by molar-refractivity contribution is 4.91. The van der Waals surface area contributed by atoms with Crippen LogP contribution in [-0.2, 0) is 18.9 Å². The molecule has 0 aliphatic rings. The second kappa shape index (κ2) is 14.1. The van der Waals surface area contributed by atoms with E-state index < -0.39 is 11.6 Å². The Morgan fingerprint density at radius 1 is 0.583 bits per heavy atom. The van der Waals surface area contributed by atoms with Gasteiger partial charge in [-0.3, -0.25) is 0 Å². The Labute approximate surface area is 150 Å². The van der Waals surface area contributed by atoms with Gasteiger partial charge in [-0.2, -0.15) is 0 Å². The second-order valence-corrected chi connectivity index (χ2v) is 6.32. The number of hydrogen-bond donors (Lipinski definition) is 0.